The molecule has 0 saturated carbocycles. The standard InChI is InChI=1S/C15H21NO5/c1-3-7-21-12-6-4-5-11(8-12)9-14(17)16-10-13(20-2)15(18)19/h4-6,8,13H,3,7,9-10H2,1-2H3,(H,16,17)(H,18,19). The largest absolute Gasteiger partial charge is 0.494 e. The number of hydrogen-bond acceptors (Lipinski definition) is 4. The van der Waals surface area contributed by atoms with Gasteiger partial charge < -0.3 is 19.9 Å². The van der Waals surface area contributed by atoms with Gasteiger partial charge >= 0.3 is 5.97 Å². The van der Waals surface area contributed by atoms with Gasteiger partial charge in [0.25, 0.3) is 0 Å². The molecule has 0 spiro atoms. The Kier molecular flexibility index (Phi) is 7.25. The first-order chi connectivity index (χ1) is 10.1. The molecule has 0 heterocycles. The lowest BCUT2D eigenvalue weighted by Gasteiger charge is -2.12. The SMILES string of the molecule is CCCOc1cccc(CC(=O)NCC(OC)C(=O)O)c1. The van der Waals surface area contributed by atoms with Crippen molar-refractivity contribution in [2.24, 2.45) is 0 Å². The van der Waals surface area contributed by atoms with Crippen LogP contribution in [0.4, 0.5) is 0 Å². The van der Waals surface area contributed by atoms with Gasteiger partial charge in [0, 0.05) is 7.11 Å². The second-order valence-electron chi connectivity index (χ2n) is 4.54. The van der Waals surface area contributed by atoms with Crippen molar-refractivity contribution in [2.75, 3.05) is 20.3 Å². The Morgan fingerprint density at radius 1 is 1.38 bits per heavy atom. The number of methoxy groups -OCH3 is 1. The van der Waals surface area contributed by atoms with Crippen molar-refractivity contribution >= 4 is 11.9 Å². The molecule has 1 aromatic rings. The van der Waals surface area contributed by atoms with E-state index >= 15 is 0 Å². The third kappa shape index (κ3) is 6.27. The molecule has 2 N–H and O–H groups in total. The fourth-order valence-corrected chi connectivity index (χ4v) is 1.69. The number of carbonyl (C=O) groups is 2. The number of carboxylic acid groups (broad SMARTS) is 1. The molecule has 0 saturated heterocycles. The zero-order chi connectivity index (χ0) is 15.7. The lowest BCUT2D eigenvalue weighted by Crippen LogP contribution is -2.38. The van der Waals surface area contributed by atoms with Crippen molar-refractivity contribution in [1.82, 2.24) is 5.32 Å². The maximum absolute atomic E-state index is 11.8. The van der Waals surface area contributed by atoms with Crippen molar-refractivity contribution in [3.05, 3.63) is 29.8 Å². The molecule has 1 rings (SSSR count). The van der Waals surface area contributed by atoms with Gasteiger partial charge in [-0.05, 0) is 24.1 Å². The zero-order valence-electron chi connectivity index (χ0n) is 12.3. The van der Waals surface area contributed by atoms with Crippen molar-refractivity contribution in [3.63, 3.8) is 0 Å². The van der Waals surface area contributed by atoms with E-state index in [9.17, 15) is 9.59 Å². The molecule has 1 aromatic carbocycles. The zero-order valence-corrected chi connectivity index (χ0v) is 12.3. The number of hydrogen-bond donors (Lipinski definition) is 2. The lowest BCUT2D eigenvalue weighted by molar-refractivity contribution is -0.148. The molecule has 6 heteroatoms. The third-order valence-corrected chi connectivity index (χ3v) is 2.78. The third-order valence-electron chi connectivity index (χ3n) is 2.78. The number of amides is 1. The van der Waals surface area contributed by atoms with Crippen LogP contribution in [0.2, 0.25) is 0 Å². The van der Waals surface area contributed by atoms with Gasteiger partial charge in [0.1, 0.15) is 5.75 Å². The Morgan fingerprint density at radius 2 is 2.14 bits per heavy atom. The average Bonchev–Trinajstić information content (AvgIpc) is 2.45. The number of ether oxygens (including phenoxy) is 2. The summed E-state index contributed by atoms with van der Waals surface area (Å²) in [6.45, 7) is 2.59. The van der Waals surface area contributed by atoms with E-state index in [1.807, 2.05) is 25.1 Å². The number of carboxylic acids is 1. The van der Waals surface area contributed by atoms with Gasteiger partial charge in [0.2, 0.25) is 5.91 Å². The average molecular weight is 295 g/mol. The van der Waals surface area contributed by atoms with Crippen LogP contribution in [0.25, 0.3) is 0 Å². The van der Waals surface area contributed by atoms with Crippen molar-refractivity contribution in [1.29, 1.82) is 0 Å². The highest BCUT2D eigenvalue weighted by atomic mass is 16.5. The van der Waals surface area contributed by atoms with Crippen LogP contribution in [0.5, 0.6) is 5.75 Å². The molecule has 0 aliphatic heterocycles. The molecule has 0 aliphatic carbocycles. The van der Waals surface area contributed by atoms with Crippen LogP contribution in [0.1, 0.15) is 18.9 Å². The number of aliphatic carboxylic acids is 1. The normalized spacial score (nSPS) is 11.7. The maximum Gasteiger partial charge on any atom is 0.334 e. The van der Waals surface area contributed by atoms with Gasteiger partial charge in [-0.25, -0.2) is 4.79 Å². The highest BCUT2D eigenvalue weighted by molar-refractivity contribution is 5.80. The smallest absolute Gasteiger partial charge is 0.334 e. The van der Waals surface area contributed by atoms with Crippen LogP contribution >= 0.6 is 0 Å². The fraction of sp³-hybridized carbons (Fsp3) is 0.467. The van der Waals surface area contributed by atoms with E-state index in [4.69, 9.17) is 14.6 Å². The van der Waals surface area contributed by atoms with Gasteiger partial charge in [-0.2, -0.15) is 0 Å². The monoisotopic (exact) mass is 295 g/mol. The Morgan fingerprint density at radius 3 is 2.76 bits per heavy atom. The summed E-state index contributed by atoms with van der Waals surface area (Å²) in [6.07, 6.45) is 0.0469. The fourth-order valence-electron chi connectivity index (χ4n) is 1.69. The highest BCUT2D eigenvalue weighted by Gasteiger charge is 2.17. The maximum atomic E-state index is 11.8. The molecule has 0 aliphatic rings. The number of rotatable bonds is 9. The molecule has 6 nitrogen and oxygen atoms in total. The molecule has 21 heavy (non-hydrogen) atoms. The van der Waals surface area contributed by atoms with E-state index in [1.165, 1.54) is 7.11 Å². The van der Waals surface area contributed by atoms with Gasteiger partial charge in [0.15, 0.2) is 6.10 Å². The van der Waals surface area contributed by atoms with Crippen LogP contribution in [0.15, 0.2) is 24.3 Å². The molecule has 0 aromatic heterocycles. The van der Waals surface area contributed by atoms with E-state index in [-0.39, 0.29) is 18.9 Å². The lowest BCUT2D eigenvalue weighted by atomic mass is 10.1. The molecule has 0 bridgehead atoms. The summed E-state index contributed by atoms with van der Waals surface area (Å²) in [5.74, 6) is -0.638. The molecule has 1 unspecified atom stereocenters. The van der Waals surface area contributed by atoms with E-state index in [0.29, 0.717) is 6.61 Å². The molecular formula is C15H21NO5. The summed E-state index contributed by atoms with van der Waals surface area (Å²) in [5.41, 5.74) is 0.811. The van der Waals surface area contributed by atoms with Gasteiger partial charge in [-0.1, -0.05) is 19.1 Å². The van der Waals surface area contributed by atoms with Crippen LogP contribution < -0.4 is 10.1 Å². The summed E-state index contributed by atoms with van der Waals surface area (Å²) in [4.78, 5) is 22.5. The predicted molar refractivity (Wildman–Crippen MR) is 77.4 cm³/mol. The number of nitrogens with one attached hydrogen (secondary N) is 1. The first kappa shape index (κ1) is 17.0. The van der Waals surface area contributed by atoms with Crippen LogP contribution in [-0.4, -0.2) is 43.3 Å². The van der Waals surface area contributed by atoms with Gasteiger partial charge in [-0.3, -0.25) is 4.79 Å². The second-order valence-corrected chi connectivity index (χ2v) is 4.54. The number of carbonyl (C=O) groups excluding carboxylic acids is 1. The quantitative estimate of drug-likeness (QED) is 0.716. The minimum Gasteiger partial charge on any atom is -0.494 e. The Labute approximate surface area is 124 Å². The van der Waals surface area contributed by atoms with E-state index < -0.39 is 12.1 Å². The molecule has 0 fully saturated rings. The molecule has 0 radical (unpaired) electrons. The summed E-state index contributed by atoms with van der Waals surface area (Å²) < 4.78 is 10.2. The topological polar surface area (TPSA) is 84.9 Å². The van der Waals surface area contributed by atoms with E-state index in [1.54, 1.807) is 6.07 Å². The minimum atomic E-state index is -1.10. The molecular weight excluding hydrogens is 274 g/mol. The summed E-state index contributed by atoms with van der Waals surface area (Å²) >= 11 is 0. The summed E-state index contributed by atoms with van der Waals surface area (Å²) in [7, 11) is 1.29. The van der Waals surface area contributed by atoms with Crippen LogP contribution in [-0.2, 0) is 20.7 Å². The Balaban J connectivity index is 2.49. The minimum absolute atomic E-state index is 0.0588. The molecule has 1 amide bonds. The first-order valence-electron chi connectivity index (χ1n) is 6.80. The predicted octanol–water partition coefficient (Wildman–Crippen LogP) is 1.23. The number of benzene rings is 1. The van der Waals surface area contributed by atoms with Gasteiger partial charge in [0.05, 0.1) is 19.6 Å². The summed E-state index contributed by atoms with van der Waals surface area (Å²) in [5, 5.41) is 11.3. The first-order valence-corrected chi connectivity index (χ1v) is 6.80. The highest BCUT2D eigenvalue weighted by Crippen LogP contribution is 2.14. The molecule has 1 atom stereocenters. The van der Waals surface area contributed by atoms with E-state index in [0.717, 1.165) is 17.7 Å². The van der Waals surface area contributed by atoms with Gasteiger partial charge in [-0.15, -0.1) is 0 Å². The Hall–Kier alpha value is -2.08. The van der Waals surface area contributed by atoms with E-state index in [2.05, 4.69) is 5.32 Å². The molecule has 116 valence electrons. The van der Waals surface area contributed by atoms with Crippen molar-refractivity contribution < 1.29 is 24.2 Å². The van der Waals surface area contributed by atoms with Crippen molar-refractivity contribution in [2.45, 2.75) is 25.9 Å². The summed E-state index contributed by atoms with van der Waals surface area (Å²) in [6, 6.07) is 7.29. The Bertz CT molecular complexity index is 475. The van der Waals surface area contributed by atoms with Crippen LogP contribution in [0, 0.1) is 0 Å². The van der Waals surface area contributed by atoms with Crippen LogP contribution in [0.3, 0.4) is 0 Å². The second kappa shape index (κ2) is 8.97. The van der Waals surface area contributed by atoms with Crippen molar-refractivity contribution in [3.8, 4) is 5.75 Å².